The number of rotatable bonds is 3. The molecular weight excluding hydrogens is 242 g/mol. The molecule has 1 nitrogen and oxygen atoms in total. The zero-order valence-corrected chi connectivity index (χ0v) is 12.5. The first-order valence-electron chi connectivity index (χ1n) is 7.05. The molecule has 0 bridgehead atoms. The van der Waals surface area contributed by atoms with Gasteiger partial charge in [-0.2, -0.15) is 0 Å². The molecule has 0 spiro atoms. The minimum atomic E-state index is 0.234. The van der Waals surface area contributed by atoms with Crippen LogP contribution in [0.1, 0.15) is 63.6 Å². The Kier molecular flexibility index (Phi) is 4.32. The van der Waals surface area contributed by atoms with E-state index in [1.165, 1.54) is 36.9 Å². The van der Waals surface area contributed by atoms with Crippen molar-refractivity contribution in [2.24, 2.45) is 5.41 Å². The van der Waals surface area contributed by atoms with E-state index in [-0.39, 0.29) is 5.38 Å². The van der Waals surface area contributed by atoms with Crippen molar-refractivity contribution in [2.75, 3.05) is 0 Å². The molecule has 100 valence electrons. The molecule has 2 unspecified atom stereocenters. The van der Waals surface area contributed by atoms with Crippen LogP contribution in [0.15, 0.2) is 18.3 Å². The van der Waals surface area contributed by atoms with Crippen LogP contribution in [-0.4, -0.2) is 10.4 Å². The number of aryl methyl sites for hydroxylation is 1. The summed E-state index contributed by atoms with van der Waals surface area (Å²) in [4.78, 5) is 4.58. The highest BCUT2D eigenvalue weighted by molar-refractivity contribution is 6.21. The molecule has 0 N–H and O–H groups in total. The highest BCUT2D eigenvalue weighted by atomic mass is 35.5. The van der Waals surface area contributed by atoms with Gasteiger partial charge >= 0.3 is 0 Å². The average molecular weight is 266 g/mol. The molecule has 2 atom stereocenters. The van der Waals surface area contributed by atoms with Gasteiger partial charge in [-0.05, 0) is 49.1 Å². The van der Waals surface area contributed by atoms with E-state index in [1.54, 1.807) is 0 Å². The second-order valence-electron chi connectivity index (χ2n) is 6.66. The Bertz CT molecular complexity index is 394. The van der Waals surface area contributed by atoms with Gasteiger partial charge in [0, 0.05) is 23.2 Å². The summed E-state index contributed by atoms with van der Waals surface area (Å²) in [5.74, 6) is 0.457. The molecule has 2 heteroatoms. The van der Waals surface area contributed by atoms with E-state index in [2.05, 4.69) is 31.8 Å². The summed E-state index contributed by atoms with van der Waals surface area (Å²) >= 11 is 6.65. The summed E-state index contributed by atoms with van der Waals surface area (Å²) in [6.07, 6.45) is 7.79. The third-order valence-electron chi connectivity index (χ3n) is 3.85. The van der Waals surface area contributed by atoms with Crippen molar-refractivity contribution in [3.05, 3.63) is 29.6 Å². The zero-order chi connectivity index (χ0) is 13.2. The molecule has 1 aromatic heterocycles. The smallest absolute Gasteiger partial charge is 0.0481 e. The Hall–Kier alpha value is -0.560. The van der Waals surface area contributed by atoms with Crippen LogP contribution in [0.2, 0.25) is 0 Å². The van der Waals surface area contributed by atoms with Gasteiger partial charge in [0.2, 0.25) is 0 Å². The van der Waals surface area contributed by atoms with E-state index in [0.717, 1.165) is 6.42 Å². The fourth-order valence-electron chi connectivity index (χ4n) is 2.77. The predicted molar refractivity (Wildman–Crippen MR) is 78.2 cm³/mol. The average Bonchev–Trinajstić information content (AvgIpc) is 2.34. The van der Waals surface area contributed by atoms with Gasteiger partial charge in [0.25, 0.3) is 0 Å². The van der Waals surface area contributed by atoms with Gasteiger partial charge < -0.3 is 0 Å². The molecule has 0 aromatic carbocycles. The molecule has 1 aliphatic carbocycles. The number of halogens is 1. The first-order valence-corrected chi connectivity index (χ1v) is 7.49. The molecule has 0 radical (unpaired) electrons. The van der Waals surface area contributed by atoms with Crippen molar-refractivity contribution in [1.29, 1.82) is 0 Å². The first kappa shape index (κ1) is 13.9. The topological polar surface area (TPSA) is 12.9 Å². The van der Waals surface area contributed by atoms with Crippen molar-refractivity contribution in [3.63, 3.8) is 0 Å². The maximum Gasteiger partial charge on any atom is 0.0481 e. The van der Waals surface area contributed by atoms with Crippen LogP contribution in [0.5, 0.6) is 0 Å². The van der Waals surface area contributed by atoms with Crippen LogP contribution in [0.25, 0.3) is 0 Å². The SMILES string of the molecule is CC(C)(C)CCC(Cl)C1CCCc2cccnc21. The summed E-state index contributed by atoms with van der Waals surface area (Å²) in [7, 11) is 0. The summed E-state index contributed by atoms with van der Waals surface area (Å²) in [5.41, 5.74) is 3.04. The van der Waals surface area contributed by atoms with Gasteiger partial charge in [0.15, 0.2) is 0 Å². The van der Waals surface area contributed by atoms with Gasteiger partial charge in [-0.1, -0.05) is 26.8 Å². The lowest BCUT2D eigenvalue weighted by Crippen LogP contribution is -2.21. The van der Waals surface area contributed by atoms with Crippen LogP contribution < -0.4 is 0 Å². The number of aromatic nitrogens is 1. The van der Waals surface area contributed by atoms with Crippen molar-refractivity contribution in [3.8, 4) is 0 Å². The normalized spacial score (nSPS) is 21.4. The molecule has 18 heavy (non-hydrogen) atoms. The molecule has 1 aromatic rings. The standard InChI is InChI=1S/C16H24ClN/c1-16(2,3)10-9-14(17)13-8-4-6-12-7-5-11-18-15(12)13/h5,7,11,13-14H,4,6,8-10H2,1-3H3. The minimum absolute atomic E-state index is 0.234. The quantitative estimate of drug-likeness (QED) is 0.706. The van der Waals surface area contributed by atoms with E-state index < -0.39 is 0 Å². The number of hydrogen-bond donors (Lipinski definition) is 0. The second kappa shape index (κ2) is 5.61. The van der Waals surface area contributed by atoms with Crippen LogP contribution in [0, 0.1) is 5.41 Å². The van der Waals surface area contributed by atoms with Gasteiger partial charge in [0.1, 0.15) is 0 Å². The van der Waals surface area contributed by atoms with Crippen molar-refractivity contribution in [2.45, 2.75) is 64.2 Å². The number of nitrogens with zero attached hydrogens (tertiary/aromatic N) is 1. The number of pyridine rings is 1. The van der Waals surface area contributed by atoms with E-state index in [4.69, 9.17) is 11.6 Å². The number of fused-ring (bicyclic) bond motifs is 1. The summed E-state index contributed by atoms with van der Waals surface area (Å²) in [6.45, 7) is 6.84. The largest absolute Gasteiger partial charge is 0.261 e. The second-order valence-corrected chi connectivity index (χ2v) is 7.22. The molecule has 0 amide bonds. The third kappa shape index (κ3) is 3.47. The fourth-order valence-corrected chi connectivity index (χ4v) is 3.12. The van der Waals surface area contributed by atoms with Crippen LogP contribution in [0.4, 0.5) is 0 Å². The Labute approximate surface area is 116 Å². The monoisotopic (exact) mass is 265 g/mol. The van der Waals surface area contributed by atoms with Crippen LogP contribution >= 0.6 is 11.6 Å². The summed E-state index contributed by atoms with van der Waals surface area (Å²) in [5, 5.41) is 0.234. The van der Waals surface area contributed by atoms with E-state index in [9.17, 15) is 0 Å². The lowest BCUT2D eigenvalue weighted by atomic mass is 9.81. The molecular formula is C16H24ClN. The van der Waals surface area contributed by atoms with Crippen molar-refractivity contribution < 1.29 is 0 Å². The Morgan fingerprint density at radius 2 is 2.22 bits per heavy atom. The third-order valence-corrected chi connectivity index (χ3v) is 4.37. The van der Waals surface area contributed by atoms with Crippen molar-refractivity contribution >= 4 is 11.6 Å². The lowest BCUT2D eigenvalue weighted by Gasteiger charge is -2.29. The molecule has 1 heterocycles. The lowest BCUT2D eigenvalue weighted by molar-refractivity contribution is 0.348. The van der Waals surface area contributed by atoms with Gasteiger partial charge in [0.05, 0.1) is 0 Å². The van der Waals surface area contributed by atoms with E-state index in [0.29, 0.717) is 11.3 Å². The number of alkyl halides is 1. The Morgan fingerprint density at radius 1 is 1.44 bits per heavy atom. The highest BCUT2D eigenvalue weighted by Crippen LogP contribution is 2.37. The summed E-state index contributed by atoms with van der Waals surface area (Å²) < 4.78 is 0. The number of hydrogen-bond acceptors (Lipinski definition) is 1. The molecule has 0 aliphatic heterocycles. The van der Waals surface area contributed by atoms with E-state index in [1.807, 2.05) is 12.3 Å². The molecule has 1 aliphatic rings. The van der Waals surface area contributed by atoms with Crippen molar-refractivity contribution in [1.82, 2.24) is 4.98 Å². The minimum Gasteiger partial charge on any atom is -0.261 e. The first-order chi connectivity index (χ1) is 8.47. The van der Waals surface area contributed by atoms with Crippen LogP contribution in [0.3, 0.4) is 0 Å². The zero-order valence-electron chi connectivity index (χ0n) is 11.7. The maximum atomic E-state index is 6.65. The Morgan fingerprint density at radius 3 is 2.94 bits per heavy atom. The van der Waals surface area contributed by atoms with E-state index >= 15 is 0 Å². The molecule has 0 saturated heterocycles. The highest BCUT2D eigenvalue weighted by Gasteiger charge is 2.28. The molecule has 0 saturated carbocycles. The Balaban J connectivity index is 2.06. The van der Waals surface area contributed by atoms with Crippen LogP contribution in [-0.2, 0) is 6.42 Å². The van der Waals surface area contributed by atoms with Gasteiger partial charge in [-0.3, -0.25) is 4.98 Å². The molecule has 0 fully saturated rings. The maximum absolute atomic E-state index is 6.65. The summed E-state index contributed by atoms with van der Waals surface area (Å²) in [6, 6.07) is 4.25. The van der Waals surface area contributed by atoms with Gasteiger partial charge in [-0.15, -0.1) is 11.6 Å². The molecule has 2 rings (SSSR count). The fraction of sp³-hybridized carbons (Fsp3) is 0.688. The predicted octanol–water partition coefficient (Wildman–Crippen LogP) is 4.94. The van der Waals surface area contributed by atoms with Gasteiger partial charge in [-0.25, -0.2) is 0 Å².